The van der Waals surface area contributed by atoms with Crippen LogP contribution in [0.25, 0.3) is 0 Å². The summed E-state index contributed by atoms with van der Waals surface area (Å²) in [5.41, 5.74) is 0.513. The average Bonchev–Trinajstić information content (AvgIpc) is 2.35. The van der Waals surface area contributed by atoms with Crippen molar-refractivity contribution >= 4 is 17.5 Å². The molecule has 0 spiro atoms. The van der Waals surface area contributed by atoms with Gasteiger partial charge in [0.15, 0.2) is 0 Å². The second-order valence-corrected chi connectivity index (χ2v) is 5.19. The van der Waals surface area contributed by atoms with Gasteiger partial charge in [-0.1, -0.05) is 11.6 Å². The summed E-state index contributed by atoms with van der Waals surface area (Å²) in [7, 11) is 0. The fourth-order valence-electron chi connectivity index (χ4n) is 2.11. The number of carbonyl (C=O) groups is 1. The Morgan fingerprint density at radius 1 is 1.50 bits per heavy atom. The third-order valence-electron chi connectivity index (χ3n) is 3.22. The Hall–Kier alpha value is -1.26. The number of phenolic OH excluding ortho intramolecular Hbond substituents is 1. The standard InChI is InChI=1S/C13H17ClN2O2/c1-8-7-16(9(2)6-15-8)13(18)10-3-4-12(17)11(14)5-10/h3-5,8-9,15,17H,6-7H2,1-2H3. The van der Waals surface area contributed by atoms with Crippen LogP contribution in [-0.2, 0) is 0 Å². The molecule has 0 aromatic heterocycles. The van der Waals surface area contributed by atoms with Crippen LogP contribution in [0.4, 0.5) is 0 Å². The number of nitrogens with one attached hydrogen (secondary N) is 1. The lowest BCUT2D eigenvalue weighted by molar-refractivity contribution is 0.0616. The van der Waals surface area contributed by atoms with E-state index in [1.807, 2.05) is 11.8 Å². The third-order valence-corrected chi connectivity index (χ3v) is 3.52. The van der Waals surface area contributed by atoms with Crippen LogP contribution in [0.3, 0.4) is 0 Å². The molecule has 1 heterocycles. The van der Waals surface area contributed by atoms with E-state index in [4.69, 9.17) is 11.6 Å². The van der Waals surface area contributed by atoms with Gasteiger partial charge in [-0.3, -0.25) is 4.79 Å². The zero-order chi connectivity index (χ0) is 13.3. The summed E-state index contributed by atoms with van der Waals surface area (Å²) in [6.45, 7) is 5.53. The molecule has 1 aromatic carbocycles. The maximum Gasteiger partial charge on any atom is 0.254 e. The number of rotatable bonds is 1. The summed E-state index contributed by atoms with van der Waals surface area (Å²) in [6.07, 6.45) is 0. The highest BCUT2D eigenvalue weighted by Crippen LogP contribution is 2.25. The zero-order valence-electron chi connectivity index (χ0n) is 10.5. The van der Waals surface area contributed by atoms with Gasteiger partial charge < -0.3 is 15.3 Å². The summed E-state index contributed by atoms with van der Waals surface area (Å²) >= 11 is 5.83. The van der Waals surface area contributed by atoms with E-state index in [2.05, 4.69) is 12.2 Å². The minimum absolute atomic E-state index is 0.00468. The van der Waals surface area contributed by atoms with Crippen molar-refractivity contribution in [3.05, 3.63) is 28.8 Å². The second kappa shape index (κ2) is 5.16. The van der Waals surface area contributed by atoms with Crippen molar-refractivity contribution in [1.29, 1.82) is 0 Å². The Morgan fingerprint density at radius 3 is 2.89 bits per heavy atom. The van der Waals surface area contributed by atoms with Crippen LogP contribution in [0.5, 0.6) is 5.75 Å². The SMILES string of the molecule is CC1CN(C(=O)c2ccc(O)c(Cl)c2)C(C)CN1. The minimum Gasteiger partial charge on any atom is -0.506 e. The van der Waals surface area contributed by atoms with Gasteiger partial charge in [0.05, 0.1) is 5.02 Å². The van der Waals surface area contributed by atoms with Gasteiger partial charge in [0.25, 0.3) is 5.91 Å². The average molecular weight is 269 g/mol. The van der Waals surface area contributed by atoms with Crippen molar-refractivity contribution in [3.63, 3.8) is 0 Å². The number of benzene rings is 1. The number of aromatic hydroxyl groups is 1. The molecule has 2 rings (SSSR count). The number of hydrogen-bond acceptors (Lipinski definition) is 3. The molecule has 1 amide bonds. The summed E-state index contributed by atoms with van der Waals surface area (Å²) in [5, 5.41) is 12.9. The van der Waals surface area contributed by atoms with E-state index >= 15 is 0 Å². The highest BCUT2D eigenvalue weighted by molar-refractivity contribution is 6.32. The molecule has 2 unspecified atom stereocenters. The lowest BCUT2D eigenvalue weighted by atomic mass is 10.1. The largest absolute Gasteiger partial charge is 0.506 e. The van der Waals surface area contributed by atoms with Crippen molar-refractivity contribution in [2.24, 2.45) is 0 Å². The summed E-state index contributed by atoms with van der Waals surface area (Å²) in [4.78, 5) is 14.2. The molecule has 0 saturated carbocycles. The Balaban J connectivity index is 2.21. The molecular formula is C13H17ClN2O2. The molecule has 2 N–H and O–H groups in total. The quantitative estimate of drug-likeness (QED) is 0.818. The van der Waals surface area contributed by atoms with Crippen LogP contribution < -0.4 is 5.32 Å². The van der Waals surface area contributed by atoms with Crippen molar-refractivity contribution in [1.82, 2.24) is 10.2 Å². The van der Waals surface area contributed by atoms with Crippen molar-refractivity contribution < 1.29 is 9.90 Å². The van der Waals surface area contributed by atoms with Gasteiger partial charge in [-0.05, 0) is 32.0 Å². The Labute approximate surface area is 112 Å². The van der Waals surface area contributed by atoms with Gasteiger partial charge in [0.1, 0.15) is 5.75 Å². The number of piperazine rings is 1. The zero-order valence-corrected chi connectivity index (χ0v) is 11.2. The first-order valence-corrected chi connectivity index (χ1v) is 6.39. The molecule has 1 aliphatic rings. The predicted molar refractivity (Wildman–Crippen MR) is 71.1 cm³/mol. The van der Waals surface area contributed by atoms with Crippen molar-refractivity contribution in [2.75, 3.05) is 13.1 Å². The van der Waals surface area contributed by atoms with E-state index in [9.17, 15) is 9.90 Å². The summed E-state index contributed by atoms with van der Waals surface area (Å²) < 4.78 is 0. The fourth-order valence-corrected chi connectivity index (χ4v) is 2.29. The Kier molecular flexibility index (Phi) is 3.78. The summed E-state index contributed by atoms with van der Waals surface area (Å²) in [5.74, 6) is -0.0484. The lowest BCUT2D eigenvalue weighted by Crippen LogP contribution is -2.56. The van der Waals surface area contributed by atoms with E-state index in [0.717, 1.165) is 6.54 Å². The molecule has 18 heavy (non-hydrogen) atoms. The Morgan fingerprint density at radius 2 is 2.22 bits per heavy atom. The van der Waals surface area contributed by atoms with Gasteiger partial charge in [-0.2, -0.15) is 0 Å². The van der Waals surface area contributed by atoms with Crippen LogP contribution in [0.15, 0.2) is 18.2 Å². The van der Waals surface area contributed by atoms with Crippen molar-refractivity contribution in [3.8, 4) is 5.75 Å². The smallest absolute Gasteiger partial charge is 0.254 e. The first-order chi connectivity index (χ1) is 8.49. The monoisotopic (exact) mass is 268 g/mol. The van der Waals surface area contributed by atoms with Crippen LogP contribution >= 0.6 is 11.6 Å². The first kappa shape index (κ1) is 13.2. The van der Waals surface area contributed by atoms with Crippen molar-refractivity contribution in [2.45, 2.75) is 25.9 Å². The number of carbonyl (C=O) groups excluding carboxylic acids is 1. The molecule has 0 aliphatic carbocycles. The minimum atomic E-state index is -0.0437. The number of hydrogen-bond donors (Lipinski definition) is 2. The van der Waals surface area contributed by atoms with Gasteiger partial charge in [0.2, 0.25) is 0 Å². The topological polar surface area (TPSA) is 52.6 Å². The molecule has 98 valence electrons. The summed E-state index contributed by atoms with van der Waals surface area (Å²) in [6, 6.07) is 5.01. The van der Waals surface area contributed by atoms with Gasteiger partial charge in [-0.15, -0.1) is 0 Å². The molecule has 2 atom stereocenters. The number of amides is 1. The van der Waals surface area contributed by atoms with Gasteiger partial charge in [-0.25, -0.2) is 0 Å². The molecule has 0 radical (unpaired) electrons. The van der Waals surface area contributed by atoms with Gasteiger partial charge >= 0.3 is 0 Å². The highest BCUT2D eigenvalue weighted by atomic mass is 35.5. The molecule has 1 aromatic rings. The van der Waals surface area contributed by atoms with E-state index < -0.39 is 0 Å². The van der Waals surface area contributed by atoms with Crippen LogP contribution in [0.2, 0.25) is 5.02 Å². The van der Waals surface area contributed by atoms with E-state index in [0.29, 0.717) is 12.1 Å². The molecular weight excluding hydrogens is 252 g/mol. The highest BCUT2D eigenvalue weighted by Gasteiger charge is 2.27. The fraction of sp³-hybridized carbons (Fsp3) is 0.462. The molecule has 5 heteroatoms. The number of nitrogens with zero attached hydrogens (tertiary/aromatic N) is 1. The molecule has 1 fully saturated rings. The first-order valence-electron chi connectivity index (χ1n) is 6.02. The normalized spacial score (nSPS) is 24.1. The van der Waals surface area contributed by atoms with Crippen LogP contribution in [-0.4, -0.2) is 41.1 Å². The van der Waals surface area contributed by atoms with E-state index in [-0.39, 0.29) is 28.8 Å². The van der Waals surface area contributed by atoms with Crippen LogP contribution in [0, 0.1) is 0 Å². The van der Waals surface area contributed by atoms with Gasteiger partial charge in [0, 0.05) is 30.7 Å². The van der Waals surface area contributed by atoms with E-state index in [1.165, 1.54) is 12.1 Å². The number of phenols is 1. The predicted octanol–water partition coefficient (Wildman–Crippen LogP) is 1.87. The van der Waals surface area contributed by atoms with E-state index in [1.54, 1.807) is 6.07 Å². The molecule has 1 saturated heterocycles. The second-order valence-electron chi connectivity index (χ2n) is 4.78. The molecule has 0 bridgehead atoms. The number of halogens is 1. The molecule has 4 nitrogen and oxygen atoms in total. The lowest BCUT2D eigenvalue weighted by Gasteiger charge is -2.37. The maximum atomic E-state index is 12.4. The molecule has 1 aliphatic heterocycles. The third kappa shape index (κ3) is 2.60. The maximum absolute atomic E-state index is 12.4. The Bertz CT molecular complexity index is 464. The van der Waals surface area contributed by atoms with Crippen LogP contribution in [0.1, 0.15) is 24.2 Å².